The van der Waals surface area contributed by atoms with E-state index in [9.17, 15) is 14.4 Å². The maximum Gasteiger partial charge on any atom is 0.306 e. The number of ether oxygens (including phenoxy) is 3. The van der Waals surface area contributed by atoms with E-state index in [1.165, 1.54) is 173 Å². The molecular formula is C63H112O6. The van der Waals surface area contributed by atoms with Gasteiger partial charge in [0.25, 0.3) is 0 Å². The van der Waals surface area contributed by atoms with Crippen molar-refractivity contribution in [3.63, 3.8) is 0 Å². The van der Waals surface area contributed by atoms with Crippen LogP contribution in [0, 0.1) is 0 Å². The highest BCUT2D eigenvalue weighted by molar-refractivity contribution is 5.71. The monoisotopic (exact) mass is 965 g/mol. The van der Waals surface area contributed by atoms with Crippen LogP contribution in [-0.2, 0) is 28.6 Å². The topological polar surface area (TPSA) is 78.9 Å². The molecule has 0 bridgehead atoms. The number of allylic oxidation sites excluding steroid dienone is 10. The van der Waals surface area contributed by atoms with Gasteiger partial charge < -0.3 is 14.2 Å². The first kappa shape index (κ1) is 66.1. The van der Waals surface area contributed by atoms with Gasteiger partial charge >= 0.3 is 17.9 Å². The zero-order valence-electron chi connectivity index (χ0n) is 45.8. The van der Waals surface area contributed by atoms with Crippen LogP contribution < -0.4 is 0 Å². The maximum atomic E-state index is 12.8. The number of hydrogen-bond acceptors (Lipinski definition) is 6. The molecule has 0 aromatic carbocycles. The molecule has 0 spiro atoms. The van der Waals surface area contributed by atoms with Crippen LogP contribution in [0.4, 0.5) is 0 Å². The van der Waals surface area contributed by atoms with Gasteiger partial charge in [0.05, 0.1) is 0 Å². The fraction of sp³-hybridized carbons (Fsp3) is 0.794. The van der Waals surface area contributed by atoms with Crippen molar-refractivity contribution in [2.45, 2.75) is 309 Å². The Morgan fingerprint density at radius 2 is 0.565 bits per heavy atom. The van der Waals surface area contributed by atoms with Crippen LogP contribution in [0.3, 0.4) is 0 Å². The summed E-state index contributed by atoms with van der Waals surface area (Å²) in [4.78, 5) is 38.1. The molecule has 0 saturated heterocycles. The van der Waals surface area contributed by atoms with Crippen LogP contribution in [0.1, 0.15) is 303 Å². The molecule has 6 nitrogen and oxygen atoms in total. The third kappa shape index (κ3) is 55.9. The summed E-state index contributed by atoms with van der Waals surface area (Å²) in [6.07, 6.45) is 72.2. The minimum absolute atomic E-state index is 0.0745. The highest BCUT2D eigenvalue weighted by atomic mass is 16.6. The van der Waals surface area contributed by atoms with Gasteiger partial charge in [-0.15, -0.1) is 0 Å². The summed E-state index contributed by atoms with van der Waals surface area (Å²) in [6.45, 7) is 6.53. The molecule has 6 heteroatoms. The van der Waals surface area contributed by atoms with Crippen LogP contribution in [0.2, 0.25) is 0 Å². The van der Waals surface area contributed by atoms with Crippen LogP contribution in [0.15, 0.2) is 60.8 Å². The molecule has 0 aromatic heterocycles. The first-order valence-corrected chi connectivity index (χ1v) is 29.8. The SMILES string of the molecule is CC/C=C\C/C=C\C/C=C\C/C=C\CCCCCCCCCCCCCCC(=O)OCC(COC(=O)CCCCCCC/C=C\CCCCC)OC(=O)CCCCCCCCCCCCCCCC. The highest BCUT2D eigenvalue weighted by Crippen LogP contribution is 2.16. The molecule has 400 valence electrons. The Hall–Kier alpha value is -2.89. The molecule has 0 amide bonds. The normalized spacial score (nSPS) is 12.4. The second-order valence-corrected chi connectivity index (χ2v) is 19.9. The average molecular weight is 966 g/mol. The summed E-state index contributed by atoms with van der Waals surface area (Å²) >= 11 is 0. The van der Waals surface area contributed by atoms with Crippen LogP contribution in [0.5, 0.6) is 0 Å². The Morgan fingerprint density at radius 3 is 0.928 bits per heavy atom. The number of esters is 3. The van der Waals surface area contributed by atoms with E-state index in [-0.39, 0.29) is 31.1 Å². The molecule has 69 heavy (non-hydrogen) atoms. The predicted molar refractivity (Wildman–Crippen MR) is 298 cm³/mol. The van der Waals surface area contributed by atoms with Crippen LogP contribution >= 0.6 is 0 Å². The van der Waals surface area contributed by atoms with Crippen molar-refractivity contribution in [2.75, 3.05) is 13.2 Å². The number of rotatable bonds is 54. The lowest BCUT2D eigenvalue weighted by atomic mass is 10.0. The van der Waals surface area contributed by atoms with E-state index in [0.717, 1.165) is 89.9 Å². The van der Waals surface area contributed by atoms with Gasteiger partial charge in [-0.25, -0.2) is 0 Å². The summed E-state index contributed by atoms with van der Waals surface area (Å²) in [5.74, 6) is -0.872. The van der Waals surface area contributed by atoms with Gasteiger partial charge in [0, 0.05) is 19.3 Å². The van der Waals surface area contributed by atoms with Gasteiger partial charge in [-0.3, -0.25) is 14.4 Å². The molecule has 0 aliphatic heterocycles. The Labute approximate surface area is 428 Å². The summed E-state index contributed by atoms with van der Waals surface area (Å²) in [6, 6.07) is 0. The number of carbonyl (C=O) groups is 3. The van der Waals surface area contributed by atoms with E-state index in [4.69, 9.17) is 14.2 Å². The lowest BCUT2D eigenvalue weighted by molar-refractivity contribution is -0.167. The van der Waals surface area contributed by atoms with Gasteiger partial charge in [-0.2, -0.15) is 0 Å². The minimum Gasteiger partial charge on any atom is -0.462 e. The van der Waals surface area contributed by atoms with Crippen molar-refractivity contribution in [1.29, 1.82) is 0 Å². The van der Waals surface area contributed by atoms with E-state index < -0.39 is 6.10 Å². The molecule has 1 atom stereocenters. The number of unbranched alkanes of at least 4 members (excludes halogenated alkanes) is 33. The van der Waals surface area contributed by atoms with E-state index >= 15 is 0 Å². The van der Waals surface area contributed by atoms with Gasteiger partial charge in [-0.1, -0.05) is 261 Å². The van der Waals surface area contributed by atoms with Crippen molar-refractivity contribution >= 4 is 17.9 Å². The van der Waals surface area contributed by atoms with E-state index in [2.05, 4.69) is 81.5 Å². The summed E-state index contributed by atoms with van der Waals surface area (Å²) in [7, 11) is 0. The predicted octanol–water partition coefficient (Wildman–Crippen LogP) is 20.0. The van der Waals surface area contributed by atoms with Crippen LogP contribution in [-0.4, -0.2) is 37.2 Å². The van der Waals surface area contributed by atoms with Crippen molar-refractivity contribution in [3.8, 4) is 0 Å². The maximum absolute atomic E-state index is 12.8. The molecule has 0 radical (unpaired) electrons. The van der Waals surface area contributed by atoms with Crippen LogP contribution in [0.25, 0.3) is 0 Å². The minimum atomic E-state index is -0.775. The van der Waals surface area contributed by atoms with E-state index in [1.54, 1.807) is 0 Å². The lowest BCUT2D eigenvalue weighted by Crippen LogP contribution is -2.30. The second-order valence-electron chi connectivity index (χ2n) is 19.9. The first-order valence-electron chi connectivity index (χ1n) is 29.8. The summed E-state index contributed by atoms with van der Waals surface area (Å²) < 4.78 is 16.9. The van der Waals surface area contributed by atoms with Gasteiger partial charge in [-0.05, 0) is 83.5 Å². The fourth-order valence-electron chi connectivity index (χ4n) is 8.55. The highest BCUT2D eigenvalue weighted by Gasteiger charge is 2.19. The average Bonchev–Trinajstić information content (AvgIpc) is 3.35. The largest absolute Gasteiger partial charge is 0.462 e. The van der Waals surface area contributed by atoms with Crippen molar-refractivity contribution in [1.82, 2.24) is 0 Å². The molecule has 0 fully saturated rings. The molecular weight excluding hydrogens is 853 g/mol. The zero-order valence-corrected chi connectivity index (χ0v) is 45.8. The standard InChI is InChI=1S/C63H112O6/c1-4-7-10-13-16-19-22-25-27-28-29-30-31-32-33-34-35-36-37-39-41-44-47-50-53-56-62(65)68-59-60(58-67-61(64)55-52-49-46-43-40-24-21-18-15-12-9-6-3)69-63(66)57-54-51-48-45-42-38-26-23-20-17-14-11-8-5-2/h7,10,16,18-19,21,25,27,29-30,60H,4-6,8-9,11-15,17,20,22-24,26,28,31-59H2,1-3H3/b10-7-,19-16-,21-18-,27-25-,30-29-. The second kappa shape index (κ2) is 57.7. The molecule has 0 aromatic rings. The van der Waals surface area contributed by atoms with Gasteiger partial charge in [0.2, 0.25) is 0 Å². The zero-order chi connectivity index (χ0) is 50.0. The van der Waals surface area contributed by atoms with Crippen molar-refractivity contribution < 1.29 is 28.6 Å². The third-order valence-electron chi connectivity index (χ3n) is 13.0. The Kier molecular flexibility index (Phi) is 55.3. The van der Waals surface area contributed by atoms with Crippen molar-refractivity contribution in [3.05, 3.63) is 60.8 Å². The van der Waals surface area contributed by atoms with Gasteiger partial charge in [0.1, 0.15) is 13.2 Å². The quantitative estimate of drug-likeness (QED) is 0.0262. The molecule has 0 rings (SSSR count). The molecule has 0 N–H and O–H groups in total. The Morgan fingerprint density at radius 1 is 0.304 bits per heavy atom. The molecule has 0 aliphatic carbocycles. The van der Waals surface area contributed by atoms with E-state index in [0.29, 0.717) is 19.3 Å². The van der Waals surface area contributed by atoms with E-state index in [1.807, 2.05) is 0 Å². The third-order valence-corrected chi connectivity index (χ3v) is 13.0. The Bertz CT molecular complexity index is 1250. The molecule has 0 heterocycles. The summed E-state index contributed by atoms with van der Waals surface area (Å²) in [5, 5.41) is 0. The number of hydrogen-bond donors (Lipinski definition) is 0. The fourth-order valence-corrected chi connectivity index (χ4v) is 8.55. The smallest absolute Gasteiger partial charge is 0.306 e. The van der Waals surface area contributed by atoms with Gasteiger partial charge in [0.15, 0.2) is 6.10 Å². The Balaban J connectivity index is 4.24. The molecule has 0 saturated carbocycles. The summed E-state index contributed by atoms with van der Waals surface area (Å²) in [5.41, 5.74) is 0. The first-order chi connectivity index (χ1) is 34.0. The van der Waals surface area contributed by atoms with Crippen molar-refractivity contribution in [2.24, 2.45) is 0 Å². The lowest BCUT2D eigenvalue weighted by Gasteiger charge is -2.18. The molecule has 1 unspecified atom stereocenters. The number of carbonyl (C=O) groups excluding carboxylic acids is 3. The molecule has 0 aliphatic rings.